The second kappa shape index (κ2) is 6.48. The fourth-order valence-corrected chi connectivity index (χ4v) is 3.52. The quantitative estimate of drug-likeness (QED) is 0.860. The van der Waals surface area contributed by atoms with Crippen molar-refractivity contribution in [2.45, 2.75) is 12.5 Å². The number of halogens is 1. The number of hydrogen-bond acceptors (Lipinski definition) is 4. The molecule has 4 nitrogen and oxygen atoms in total. The van der Waals surface area contributed by atoms with Gasteiger partial charge in [0.2, 0.25) is 0 Å². The molecule has 0 aliphatic carbocycles. The van der Waals surface area contributed by atoms with E-state index in [4.69, 9.17) is 34.3 Å². The Labute approximate surface area is 135 Å². The largest absolute Gasteiger partial charge is 0.389 e. The molecule has 114 valence electrons. The van der Waals surface area contributed by atoms with E-state index in [1.54, 1.807) is 0 Å². The first-order valence-electron chi connectivity index (χ1n) is 7.31. The minimum atomic E-state index is 0.405. The molecule has 0 aromatic heterocycles. The highest BCUT2D eigenvalue weighted by Crippen LogP contribution is 2.29. The monoisotopic (exact) mass is 325 g/mol. The molecule has 2 aliphatic rings. The average molecular weight is 326 g/mol. The van der Waals surface area contributed by atoms with Gasteiger partial charge in [0.05, 0.1) is 13.2 Å². The number of hydrogen-bond donors (Lipinski definition) is 1. The summed E-state index contributed by atoms with van der Waals surface area (Å²) in [6.45, 7) is 5.78. The van der Waals surface area contributed by atoms with Crippen LogP contribution < -0.4 is 10.6 Å². The van der Waals surface area contributed by atoms with Gasteiger partial charge in [-0.05, 0) is 24.6 Å². The molecule has 0 radical (unpaired) electrons. The summed E-state index contributed by atoms with van der Waals surface area (Å²) in [4.78, 5) is 5.30. The first-order valence-corrected chi connectivity index (χ1v) is 8.10. The third-order valence-corrected chi connectivity index (χ3v) is 4.75. The fourth-order valence-electron chi connectivity index (χ4n) is 3.18. The lowest BCUT2D eigenvalue weighted by Gasteiger charge is -2.32. The zero-order chi connectivity index (χ0) is 14.8. The second-order valence-electron chi connectivity index (χ2n) is 5.56. The van der Waals surface area contributed by atoms with Crippen molar-refractivity contribution in [3.63, 3.8) is 0 Å². The van der Waals surface area contributed by atoms with E-state index in [1.165, 1.54) is 6.42 Å². The van der Waals surface area contributed by atoms with Crippen LogP contribution in [0.1, 0.15) is 12.0 Å². The maximum atomic E-state index is 6.06. The highest BCUT2D eigenvalue weighted by molar-refractivity contribution is 7.80. The third kappa shape index (κ3) is 3.31. The average Bonchev–Trinajstić information content (AvgIpc) is 2.97. The number of rotatable bonds is 3. The molecule has 3 rings (SSSR count). The smallest absolute Gasteiger partial charge is 0.106 e. The predicted octanol–water partition coefficient (Wildman–Crippen LogP) is 1.89. The van der Waals surface area contributed by atoms with Gasteiger partial charge in [0.1, 0.15) is 4.99 Å². The van der Waals surface area contributed by atoms with Gasteiger partial charge >= 0.3 is 0 Å². The molecule has 2 fully saturated rings. The lowest BCUT2D eigenvalue weighted by Crippen LogP contribution is -2.44. The van der Waals surface area contributed by atoms with Crippen LogP contribution in [0.2, 0.25) is 5.02 Å². The number of thiocarbonyl (C=S) groups is 1. The van der Waals surface area contributed by atoms with Gasteiger partial charge in [-0.1, -0.05) is 23.8 Å². The van der Waals surface area contributed by atoms with E-state index in [2.05, 4.69) is 9.80 Å². The number of benzene rings is 1. The Morgan fingerprint density at radius 3 is 2.76 bits per heavy atom. The summed E-state index contributed by atoms with van der Waals surface area (Å²) in [5.74, 6) is 0. The summed E-state index contributed by atoms with van der Waals surface area (Å²) in [6, 6.07) is 6.38. The van der Waals surface area contributed by atoms with Gasteiger partial charge < -0.3 is 15.4 Å². The summed E-state index contributed by atoms with van der Waals surface area (Å²) >= 11 is 11.2. The molecule has 21 heavy (non-hydrogen) atoms. The highest BCUT2D eigenvalue weighted by atomic mass is 35.5. The molecule has 1 unspecified atom stereocenters. The van der Waals surface area contributed by atoms with Crippen molar-refractivity contribution in [1.29, 1.82) is 0 Å². The summed E-state index contributed by atoms with van der Waals surface area (Å²) in [5, 5.41) is 0.672. The number of ether oxygens (including phenoxy) is 1. The summed E-state index contributed by atoms with van der Waals surface area (Å²) in [7, 11) is 0. The van der Waals surface area contributed by atoms with E-state index in [0.29, 0.717) is 16.1 Å². The van der Waals surface area contributed by atoms with Gasteiger partial charge in [-0.15, -0.1) is 0 Å². The van der Waals surface area contributed by atoms with Crippen molar-refractivity contribution in [2.24, 2.45) is 5.73 Å². The standard InChI is InChI=1S/C15H20ClN3OS/c16-11-1-2-14(13(9-11)15(17)21)19-4-3-12(10-19)18-5-7-20-8-6-18/h1-2,9,12H,3-8,10H2,(H2,17,21). The Kier molecular flexibility index (Phi) is 4.64. The lowest BCUT2D eigenvalue weighted by atomic mass is 10.1. The van der Waals surface area contributed by atoms with Crippen LogP contribution in [0.5, 0.6) is 0 Å². The van der Waals surface area contributed by atoms with Gasteiger partial charge in [-0.3, -0.25) is 4.90 Å². The van der Waals surface area contributed by atoms with Crippen LogP contribution in [0.3, 0.4) is 0 Å². The highest BCUT2D eigenvalue weighted by Gasteiger charge is 2.29. The van der Waals surface area contributed by atoms with E-state index in [0.717, 1.165) is 50.6 Å². The molecule has 2 aliphatic heterocycles. The first-order chi connectivity index (χ1) is 10.1. The van der Waals surface area contributed by atoms with Crippen molar-refractivity contribution >= 4 is 34.5 Å². The summed E-state index contributed by atoms with van der Waals surface area (Å²) < 4.78 is 5.43. The van der Waals surface area contributed by atoms with Crippen LogP contribution >= 0.6 is 23.8 Å². The van der Waals surface area contributed by atoms with Crippen LogP contribution in [0.4, 0.5) is 5.69 Å². The van der Waals surface area contributed by atoms with Gasteiger partial charge in [0, 0.05) is 48.5 Å². The Morgan fingerprint density at radius 1 is 1.29 bits per heavy atom. The third-order valence-electron chi connectivity index (χ3n) is 4.29. The van der Waals surface area contributed by atoms with Crippen molar-refractivity contribution in [1.82, 2.24) is 4.90 Å². The maximum absolute atomic E-state index is 6.06. The van der Waals surface area contributed by atoms with E-state index in [1.807, 2.05) is 18.2 Å². The minimum Gasteiger partial charge on any atom is -0.389 e. The normalized spacial score (nSPS) is 23.5. The van der Waals surface area contributed by atoms with E-state index >= 15 is 0 Å². The number of anilines is 1. The molecule has 0 spiro atoms. The molecule has 0 amide bonds. The Bertz CT molecular complexity index is 534. The molecule has 0 saturated carbocycles. The zero-order valence-electron chi connectivity index (χ0n) is 11.9. The second-order valence-corrected chi connectivity index (χ2v) is 6.44. The molecule has 2 N–H and O–H groups in total. The lowest BCUT2D eigenvalue weighted by molar-refractivity contribution is 0.0209. The number of nitrogens with two attached hydrogens (primary N) is 1. The minimum absolute atomic E-state index is 0.405. The van der Waals surface area contributed by atoms with Crippen molar-refractivity contribution in [2.75, 3.05) is 44.3 Å². The maximum Gasteiger partial charge on any atom is 0.106 e. The van der Waals surface area contributed by atoms with E-state index < -0.39 is 0 Å². The van der Waals surface area contributed by atoms with Crippen molar-refractivity contribution < 1.29 is 4.74 Å². The summed E-state index contributed by atoms with van der Waals surface area (Å²) in [6.07, 6.45) is 1.17. The molecule has 2 saturated heterocycles. The molecule has 1 aromatic carbocycles. The Morgan fingerprint density at radius 2 is 2.05 bits per heavy atom. The number of nitrogens with zero attached hydrogens (tertiary/aromatic N) is 2. The van der Waals surface area contributed by atoms with Crippen LogP contribution in [-0.2, 0) is 4.74 Å². The van der Waals surface area contributed by atoms with Crippen LogP contribution in [0.15, 0.2) is 18.2 Å². The van der Waals surface area contributed by atoms with Crippen molar-refractivity contribution in [3.8, 4) is 0 Å². The fraction of sp³-hybridized carbons (Fsp3) is 0.533. The van der Waals surface area contributed by atoms with Gasteiger partial charge in [-0.2, -0.15) is 0 Å². The zero-order valence-corrected chi connectivity index (χ0v) is 13.5. The van der Waals surface area contributed by atoms with Gasteiger partial charge in [0.25, 0.3) is 0 Å². The molecule has 1 atom stereocenters. The molecular weight excluding hydrogens is 306 g/mol. The van der Waals surface area contributed by atoms with E-state index in [9.17, 15) is 0 Å². The molecule has 0 bridgehead atoms. The van der Waals surface area contributed by atoms with Crippen LogP contribution in [0.25, 0.3) is 0 Å². The first kappa shape index (κ1) is 15.0. The molecule has 2 heterocycles. The topological polar surface area (TPSA) is 41.7 Å². The van der Waals surface area contributed by atoms with Crippen molar-refractivity contribution in [3.05, 3.63) is 28.8 Å². The Balaban J connectivity index is 1.75. The molecule has 6 heteroatoms. The summed E-state index contributed by atoms with van der Waals surface area (Å²) in [5.41, 5.74) is 7.82. The Hall–Kier alpha value is -0.880. The van der Waals surface area contributed by atoms with Gasteiger partial charge in [-0.25, -0.2) is 0 Å². The van der Waals surface area contributed by atoms with Crippen LogP contribution in [-0.4, -0.2) is 55.3 Å². The molecule has 1 aromatic rings. The van der Waals surface area contributed by atoms with Crippen LogP contribution in [0, 0.1) is 0 Å². The predicted molar refractivity (Wildman–Crippen MR) is 90.3 cm³/mol. The SMILES string of the molecule is NC(=S)c1cc(Cl)ccc1N1CCC(N2CCOCC2)C1. The number of morpholine rings is 1. The van der Waals surface area contributed by atoms with Gasteiger partial charge in [0.15, 0.2) is 0 Å². The van der Waals surface area contributed by atoms with E-state index in [-0.39, 0.29) is 0 Å². The molecular formula is C15H20ClN3OS.